The molecule has 2 aromatic heterocycles. The van der Waals surface area contributed by atoms with Crippen LogP contribution in [0.4, 0.5) is 0 Å². The van der Waals surface area contributed by atoms with E-state index in [0.717, 1.165) is 0 Å². The second kappa shape index (κ2) is 4.96. The molecule has 0 spiro atoms. The van der Waals surface area contributed by atoms with E-state index in [1.165, 1.54) is 15.6 Å². The van der Waals surface area contributed by atoms with Gasteiger partial charge in [0.05, 0.1) is 0 Å². The first kappa shape index (κ1) is 11.5. The lowest BCUT2D eigenvalue weighted by Crippen LogP contribution is -1.95. The van der Waals surface area contributed by atoms with Crippen LogP contribution >= 0.6 is 22.9 Å². The molecule has 0 fully saturated rings. The van der Waals surface area contributed by atoms with Gasteiger partial charge >= 0.3 is 0 Å². The molecule has 0 atom stereocenters. The lowest BCUT2D eigenvalue weighted by Gasteiger charge is -2.06. The third-order valence-electron chi connectivity index (χ3n) is 2.67. The largest absolute Gasteiger partial charge is 0.486 e. The minimum absolute atomic E-state index is 0.400. The number of thiophene rings is 1. The van der Waals surface area contributed by atoms with Crippen molar-refractivity contribution in [1.29, 1.82) is 0 Å². The topological polar surface area (TPSA) is 22.1 Å². The smallest absolute Gasteiger partial charge is 0.171 e. The number of fused-ring (bicyclic) bond motifs is 1. The van der Waals surface area contributed by atoms with Crippen LogP contribution in [0.5, 0.6) is 5.75 Å². The van der Waals surface area contributed by atoms with E-state index in [9.17, 15) is 0 Å². The molecule has 0 radical (unpaired) electrons. The van der Waals surface area contributed by atoms with Crippen LogP contribution in [0.1, 0.15) is 5.56 Å². The first-order valence-corrected chi connectivity index (χ1v) is 6.79. The average Bonchev–Trinajstić information content (AvgIpc) is 2.81. The Hall–Kier alpha value is -1.58. The predicted molar refractivity (Wildman–Crippen MR) is 75.4 cm³/mol. The van der Waals surface area contributed by atoms with Gasteiger partial charge in [0.2, 0.25) is 0 Å². The molecule has 3 rings (SSSR count). The molecule has 0 saturated carbocycles. The van der Waals surface area contributed by atoms with E-state index < -0.39 is 0 Å². The Kier molecular flexibility index (Phi) is 3.17. The first-order valence-electron chi connectivity index (χ1n) is 5.53. The molecule has 0 unspecified atom stereocenters. The number of rotatable bonds is 3. The number of ether oxygens (including phenoxy) is 1. The van der Waals surface area contributed by atoms with Gasteiger partial charge in [-0.1, -0.05) is 29.8 Å². The van der Waals surface area contributed by atoms with E-state index in [2.05, 4.69) is 22.5 Å². The van der Waals surface area contributed by atoms with E-state index in [4.69, 9.17) is 16.3 Å². The van der Waals surface area contributed by atoms with Crippen molar-refractivity contribution in [3.63, 3.8) is 0 Å². The van der Waals surface area contributed by atoms with Gasteiger partial charge in [-0.25, -0.2) is 4.98 Å². The molecule has 4 heteroatoms. The maximum Gasteiger partial charge on any atom is 0.171 e. The summed E-state index contributed by atoms with van der Waals surface area (Å²) in [6.45, 7) is 0.509. The van der Waals surface area contributed by atoms with Gasteiger partial charge in [0.25, 0.3) is 0 Å². The molecule has 90 valence electrons. The van der Waals surface area contributed by atoms with Gasteiger partial charge in [0.1, 0.15) is 6.61 Å². The van der Waals surface area contributed by atoms with Crippen molar-refractivity contribution in [2.24, 2.45) is 0 Å². The molecule has 18 heavy (non-hydrogen) atoms. The Morgan fingerprint density at radius 3 is 2.94 bits per heavy atom. The maximum absolute atomic E-state index is 5.95. The van der Waals surface area contributed by atoms with Gasteiger partial charge in [-0.05, 0) is 29.0 Å². The highest BCUT2D eigenvalue weighted by Crippen LogP contribution is 2.28. The van der Waals surface area contributed by atoms with Crippen LogP contribution in [-0.2, 0) is 6.61 Å². The third-order valence-corrected chi connectivity index (χ3v) is 3.97. The fourth-order valence-electron chi connectivity index (χ4n) is 1.78. The SMILES string of the molecule is Clc1ncccc1OCc1csc2ccccc12. The summed E-state index contributed by atoms with van der Waals surface area (Å²) in [7, 11) is 0. The molecule has 2 nitrogen and oxygen atoms in total. The molecular weight excluding hydrogens is 266 g/mol. The van der Waals surface area contributed by atoms with Crippen molar-refractivity contribution in [3.8, 4) is 5.75 Å². The van der Waals surface area contributed by atoms with Crippen LogP contribution in [0, 0.1) is 0 Å². The zero-order valence-corrected chi connectivity index (χ0v) is 11.0. The van der Waals surface area contributed by atoms with Crippen LogP contribution in [0.3, 0.4) is 0 Å². The highest BCUT2D eigenvalue weighted by Gasteiger charge is 2.06. The lowest BCUT2D eigenvalue weighted by molar-refractivity contribution is 0.307. The van der Waals surface area contributed by atoms with Crippen LogP contribution in [-0.4, -0.2) is 4.98 Å². The summed E-state index contributed by atoms with van der Waals surface area (Å²) in [5.41, 5.74) is 1.18. The van der Waals surface area contributed by atoms with E-state index >= 15 is 0 Å². The summed E-state index contributed by atoms with van der Waals surface area (Å²) >= 11 is 7.67. The Morgan fingerprint density at radius 1 is 1.17 bits per heavy atom. The number of pyridine rings is 1. The monoisotopic (exact) mass is 275 g/mol. The Morgan fingerprint density at radius 2 is 2.06 bits per heavy atom. The summed E-state index contributed by atoms with van der Waals surface area (Å²) in [6, 6.07) is 11.9. The van der Waals surface area contributed by atoms with E-state index in [1.807, 2.05) is 24.3 Å². The molecule has 2 heterocycles. The summed E-state index contributed by atoms with van der Waals surface area (Å²) in [5, 5.41) is 3.76. The van der Waals surface area contributed by atoms with Crippen LogP contribution in [0.25, 0.3) is 10.1 Å². The van der Waals surface area contributed by atoms with Gasteiger partial charge in [-0.15, -0.1) is 11.3 Å². The molecular formula is C14H10ClNOS. The molecule has 3 aromatic rings. The van der Waals surface area contributed by atoms with E-state index in [-0.39, 0.29) is 0 Å². The predicted octanol–water partition coefficient (Wildman–Crippen LogP) is 4.53. The summed E-state index contributed by atoms with van der Waals surface area (Å²) in [6.07, 6.45) is 1.65. The van der Waals surface area contributed by atoms with Gasteiger partial charge in [-0.3, -0.25) is 0 Å². The van der Waals surface area contributed by atoms with Gasteiger partial charge in [0.15, 0.2) is 10.9 Å². The number of benzene rings is 1. The quantitative estimate of drug-likeness (QED) is 0.655. The van der Waals surface area contributed by atoms with E-state index in [1.54, 1.807) is 17.5 Å². The average molecular weight is 276 g/mol. The highest BCUT2D eigenvalue weighted by atomic mass is 35.5. The molecule has 1 aromatic carbocycles. The molecule has 0 aliphatic carbocycles. The normalized spacial score (nSPS) is 10.7. The van der Waals surface area contributed by atoms with Gasteiger partial charge in [0, 0.05) is 16.5 Å². The van der Waals surface area contributed by atoms with Crippen LogP contribution in [0.2, 0.25) is 5.15 Å². The number of halogens is 1. The maximum atomic E-state index is 5.95. The van der Waals surface area contributed by atoms with Crippen molar-refractivity contribution in [2.75, 3.05) is 0 Å². The van der Waals surface area contributed by atoms with Crippen LogP contribution < -0.4 is 4.74 Å². The van der Waals surface area contributed by atoms with Gasteiger partial charge < -0.3 is 4.74 Å². The zero-order chi connectivity index (χ0) is 12.4. The number of hydrogen-bond acceptors (Lipinski definition) is 3. The molecule has 0 amide bonds. The fourth-order valence-corrected chi connectivity index (χ4v) is 2.90. The third kappa shape index (κ3) is 2.19. The standard InChI is InChI=1S/C14H10ClNOS/c15-14-12(5-3-7-16-14)17-8-10-9-18-13-6-2-1-4-11(10)13/h1-7,9H,8H2. The van der Waals surface area contributed by atoms with Crippen molar-refractivity contribution < 1.29 is 4.74 Å². The minimum Gasteiger partial charge on any atom is -0.486 e. The Labute approximate surface area is 114 Å². The van der Waals surface area contributed by atoms with Crippen molar-refractivity contribution in [2.45, 2.75) is 6.61 Å². The second-order valence-corrected chi connectivity index (χ2v) is 5.11. The van der Waals surface area contributed by atoms with Gasteiger partial charge in [-0.2, -0.15) is 0 Å². The summed E-state index contributed by atoms with van der Waals surface area (Å²) in [4.78, 5) is 3.98. The number of aromatic nitrogens is 1. The molecule has 0 N–H and O–H groups in total. The number of hydrogen-bond donors (Lipinski definition) is 0. The molecule has 0 bridgehead atoms. The highest BCUT2D eigenvalue weighted by molar-refractivity contribution is 7.17. The molecule has 0 saturated heterocycles. The molecule has 0 aliphatic rings. The minimum atomic E-state index is 0.400. The Bertz CT molecular complexity index is 680. The summed E-state index contributed by atoms with van der Waals surface area (Å²) < 4.78 is 6.97. The van der Waals surface area contributed by atoms with Crippen molar-refractivity contribution in [1.82, 2.24) is 4.98 Å². The number of nitrogens with zero attached hydrogens (tertiary/aromatic N) is 1. The van der Waals surface area contributed by atoms with Crippen LogP contribution in [0.15, 0.2) is 48.0 Å². The molecule has 0 aliphatic heterocycles. The van der Waals surface area contributed by atoms with Crippen molar-refractivity contribution >= 4 is 33.0 Å². The fraction of sp³-hybridized carbons (Fsp3) is 0.0714. The second-order valence-electron chi connectivity index (χ2n) is 3.84. The van der Waals surface area contributed by atoms with E-state index in [0.29, 0.717) is 17.5 Å². The summed E-state index contributed by atoms with van der Waals surface area (Å²) in [5.74, 6) is 0.620. The first-order chi connectivity index (χ1) is 8.84. The van der Waals surface area contributed by atoms with Crippen molar-refractivity contribution in [3.05, 3.63) is 58.7 Å². The lowest BCUT2D eigenvalue weighted by atomic mass is 10.2. The zero-order valence-electron chi connectivity index (χ0n) is 9.47. The Balaban J connectivity index is 1.83.